The predicted molar refractivity (Wildman–Crippen MR) is 154 cm³/mol. The number of carbonyl (C=O) groups is 3. The molecule has 4 aromatic rings. The van der Waals surface area contributed by atoms with Crippen molar-refractivity contribution >= 4 is 34.2 Å². The molecule has 5 rings (SSSR count). The van der Waals surface area contributed by atoms with Gasteiger partial charge in [-0.2, -0.15) is 0 Å². The summed E-state index contributed by atoms with van der Waals surface area (Å²) >= 11 is 0. The molecule has 2 N–H and O–H groups in total. The van der Waals surface area contributed by atoms with Gasteiger partial charge < -0.3 is 15.2 Å². The monoisotopic (exact) mass is 540 g/mol. The van der Waals surface area contributed by atoms with E-state index in [1.165, 1.54) is 6.92 Å². The lowest BCUT2D eigenvalue weighted by Crippen LogP contribution is -2.46. The van der Waals surface area contributed by atoms with Gasteiger partial charge in [0.1, 0.15) is 6.04 Å². The van der Waals surface area contributed by atoms with Crippen molar-refractivity contribution < 1.29 is 18.8 Å². The molecule has 0 radical (unpaired) electrons. The highest BCUT2D eigenvalue weighted by Crippen LogP contribution is 2.31. The number of anilines is 1. The van der Waals surface area contributed by atoms with Gasteiger partial charge in [-0.1, -0.05) is 48.5 Å². The van der Waals surface area contributed by atoms with Crippen molar-refractivity contribution in [1.29, 1.82) is 0 Å². The van der Waals surface area contributed by atoms with Gasteiger partial charge in [0.05, 0.1) is 11.7 Å². The van der Waals surface area contributed by atoms with Crippen LogP contribution in [0.3, 0.4) is 0 Å². The number of nitrogens with one attached hydrogen (secondary N) is 2. The number of rotatable bonds is 8. The standard InChI is InChI=1S/C32H33FN4O3/c1-20(38)34-24-14-12-22(13-15-24)30-29(33)25-18-21(11-16-26(25)35-30)19-28(39)27-10-7-17-37(27)32(40)31(36(2)3)23-8-5-4-6-9-23/h4-6,8-9,11-16,18,27,31,35H,7,10,17,19H2,1-3H3,(H,34,38)/t27-,31+/m0/s1. The summed E-state index contributed by atoms with van der Waals surface area (Å²) in [7, 11) is 3.74. The third-order valence-electron chi connectivity index (χ3n) is 7.45. The molecule has 2 atom stereocenters. The van der Waals surface area contributed by atoms with E-state index >= 15 is 4.39 Å². The first-order valence-corrected chi connectivity index (χ1v) is 13.5. The molecule has 0 saturated carbocycles. The fourth-order valence-corrected chi connectivity index (χ4v) is 5.58. The van der Waals surface area contributed by atoms with E-state index in [1.54, 1.807) is 41.3 Å². The van der Waals surface area contributed by atoms with Crippen LogP contribution >= 0.6 is 0 Å². The third kappa shape index (κ3) is 5.53. The van der Waals surface area contributed by atoms with Crippen LogP contribution in [0.25, 0.3) is 22.2 Å². The van der Waals surface area contributed by atoms with Crippen molar-refractivity contribution in [3.8, 4) is 11.3 Å². The topological polar surface area (TPSA) is 85.5 Å². The zero-order valence-corrected chi connectivity index (χ0v) is 22.9. The summed E-state index contributed by atoms with van der Waals surface area (Å²) < 4.78 is 15.5. The lowest BCUT2D eigenvalue weighted by atomic mass is 9.99. The van der Waals surface area contributed by atoms with Crippen molar-refractivity contribution in [3.05, 3.63) is 89.7 Å². The maximum absolute atomic E-state index is 15.5. The molecule has 0 spiro atoms. The Hall–Kier alpha value is -4.30. The van der Waals surface area contributed by atoms with Crippen LogP contribution in [0.1, 0.15) is 36.9 Å². The van der Waals surface area contributed by atoms with Crippen molar-refractivity contribution in [1.82, 2.24) is 14.8 Å². The van der Waals surface area contributed by atoms with Crippen LogP contribution in [0.4, 0.5) is 10.1 Å². The second kappa shape index (κ2) is 11.4. The highest BCUT2D eigenvalue weighted by molar-refractivity contribution is 5.94. The Balaban J connectivity index is 1.34. The molecule has 7 nitrogen and oxygen atoms in total. The van der Waals surface area contributed by atoms with Crippen molar-refractivity contribution in [2.75, 3.05) is 26.0 Å². The van der Waals surface area contributed by atoms with E-state index < -0.39 is 17.9 Å². The Labute approximate surface area is 233 Å². The first-order valence-electron chi connectivity index (χ1n) is 13.5. The zero-order chi connectivity index (χ0) is 28.4. The smallest absolute Gasteiger partial charge is 0.245 e. The number of carbonyl (C=O) groups excluding carboxylic acids is 3. The van der Waals surface area contributed by atoms with Crippen LogP contribution in [0.15, 0.2) is 72.8 Å². The van der Waals surface area contributed by atoms with Crippen LogP contribution in [0.5, 0.6) is 0 Å². The number of fused-ring (bicyclic) bond motifs is 1. The molecule has 0 unspecified atom stereocenters. The molecule has 8 heteroatoms. The molecule has 0 aliphatic carbocycles. The second-order valence-corrected chi connectivity index (χ2v) is 10.6. The Morgan fingerprint density at radius 3 is 2.45 bits per heavy atom. The van der Waals surface area contributed by atoms with Gasteiger partial charge in [0, 0.05) is 42.0 Å². The van der Waals surface area contributed by atoms with E-state index in [0.29, 0.717) is 46.4 Å². The van der Waals surface area contributed by atoms with E-state index in [1.807, 2.05) is 55.4 Å². The first-order chi connectivity index (χ1) is 19.2. The predicted octanol–water partition coefficient (Wildman–Crippen LogP) is 5.34. The summed E-state index contributed by atoms with van der Waals surface area (Å²) in [5.41, 5.74) is 3.85. The molecular formula is C32H33FN4O3. The normalized spacial score (nSPS) is 15.9. The van der Waals surface area contributed by atoms with E-state index in [9.17, 15) is 14.4 Å². The minimum absolute atomic E-state index is 0.0412. The number of H-pyrrole nitrogens is 1. The number of Topliss-reactive ketones (excluding diaryl/α,β-unsaturated/α-hetero) is 1. The number of hydrogen-bond donors (Lipinski definition) is 2. The average molecular weight is 541 g/mol. The Morgan fingerprint density at radius 1 is 1.05 bits per heavy atom. The number of amides is 2. The van der Waals surface area contributed by atoms with E-state index in [-0.39, 0.29) is 24.0 Å². The Kier molecular flexibility index (Phi) is 7.80. The molecule has 1 aromatic heterocycles. The summed E-state index contributed by atoms with van der Waals surface area (Å²) in [5, 5.41) is 3.11. The van der Waals surface area contributed by atoms with Gasteiger partial charge in [-0.25, -0.2) is 4.39 Å². The second-order valence-electron chi connectivity index (χ2n) is 10.6. The SMILES string of the molecule is CC(=O)Nc1ccc(-c2[nH]c3ccc(CC(=O)[C@@H]4CCCN4C(=O)[C@@H](c4ccccc4)N(C)C)cc3c2F)cc1. The maximum Gasteiger partial charge on any atom is 0.245 e. The van der Waals surface area contributed by atoms with Gasteiger partial charge in [-0.05, 0) is 62.3 Å². The van der Waals surface area contributed by atoms with Crippen molar-refractivity contribution in [3.63, 3.8) is 0 Å². The highest BCUT2D eigenvalue weighted by atomic mass is 19.1. The molecule has 206 valence electrons. The maximum atomic E-state index is 15.5. The fraction of sp³-hybridized carbons (Fsp3) is 0.281. The lowest BCUT2D eigenvalue weighted by Gasteiger charge is -2.31. The molecule has 3 aromatic carbocycles. The molecular weight excluding hydrogens is 507 g/mol. The average Bonchev–Trinajstić information content (AvgIpc) is 3.55. The summed E-state index contributed by atoms with van der Waals surface area (Å²) in [6.07, 6.45) is 1.51. The van der Waals surface area contributed by atoms with Crippen molar-refractivity contribution in [2.24, 2.45) is 0 Å². The molecule has 2 amide bonds. The number of halogens is 1. The lowest BCUT2D eigenvalue weighted by molar-refractivity contribution is -0.141. The zero-order valence-electron chi connectivity index (χ0n) is 22.9. The Morgan fingerprint density at radius 2 is 1.77 bits per heavy atom. The summed E-state index contributed by atoms with van der Waals surface area (Å²) in [4.78, 5) is 45.1. The number of hydrogen-bond acceptors (Lipinski definition) is 4. The number of aromatic amines is 1. The molecule has 1 saturated heterocycles. The van der Waals surface area contributed by atoms with Crippen LogP contribution < -0.4 is 5.32 Å². The number of nitrogens with zero attached hydrogens (tertiary/aromatic N) is 2. The number of likely N-dealkylation sites (N-methyl/N-ethyl adjacent to an activating group) is 1. The fourth-order valence-electron chi connectivity index (χ4n) is 5.58. The van der Waals surface area contributed by atoms with Gasteiger partial charge in [0.15, 0.2) is 11.6 Å². The Bertz CT molecular complexity index is 1550. The molecule has 1 aliphatic heterocycles. The highest BCUT2D eigenvalue weighted by Gasteiger charge is 2.38. The number of benzene rings is 3. The van der Waals surface area contributed by atoms with Gasteiger partial charge >= 0.3 is 0 Å². The molecule has 0 bridgehead atoms. The quantitative estimate of drug-likeness (QED) is 0.316. The van der Waals surface area contributed by atoms with Crippen LogP contribution in [0, 0.1) is 5.82 Å². The van der Waals surface area contributed by atoms with Gasteiger partial charge in [0.2, 0.25) is 11.8 Å². The van der Waals surface area contributed by atoms with E-state index in [0.717, 1.165) is 12.0 Å². The van der Waals surface area contributed by atoms with Crippen LogP contribution in [-0.2, 0) is 20.8 Å². The largest absolute Gasteiger partial charge is 0.352 e. The molecule has 2 heterocycles. The third-order valence-corrected chi connectivity index (χ3v) is 7.45. The minimum Gasteiger partial charge on any atom is -0.352 e. The number of aromatic nitrogens is 1. The molecule has 1 aliphatic rings. The van der Waals surface area contributed by atoms with Crippen LogP contribution in [-0.4, -0.2) is 59.1 Å². The molecule has 1 fully saturated rings. The summed E-state index contributed by atoms with van der Waals surface area (Å²) in [6.45, 7) is 1.98. The van der Waals surface area contributed by atoms with Gasteiger partial charge in [-0.3, -0.25) is 19.3 Å². The van der Waals surface area contributed by atoms with Crippen LogP contribution in [0.2, 0.25) is 0 Å². The number of likely N-dealkylation sites (tertiary alicyclic amines) is 1. The van der Waals surface area contributed by atoms with E-state index in [2.05, 4.69) is 10.3 Å². The number of ketones is 1. The summed E-state index contributed by atoms with van der Waals surface area (Å²) in [6, 6.07) is 20.9. The van der Waals surface area contributed by atoms with Gasteiger partial charge in [-0.15, -0.1) is 0 Å². The van der Waals surface area contributed by atoms with E-state index in [4.69, 9.17) is 0 Å². The molecule has 40 heavy (non-hydrogen) atoms. The summed E-state index contributed by atoms with van der Waals surface area (Å²) in [5.74, 6) is -0.690. The van der Waals surface area contributed by atoms with Crippen molar-refractivity contribution in [2.45, 2.75) is 38.3 Å². The minimum atomic E-state index is -0.497. The first kappa shape index (κ1) is 27.3. The van der Waals surface area contributed by atoms with Gasteiger partial charge in [0.25, 0.3) is 0 Å².